The normalized spacial score (nSPS) is 39.3. The van der Waals surface area contributed by atoms with Gasteiger partial charge in [0.15, 0.2) is 0 Å². The number of alkyl halides is 2. The number of hydrogen-bond acceptors (Lipinski definition) is 1. The molecule has 2 aliphatic carbocycles. The van der Waals surface area contributed by atoms with E-state index in [1.807, 2.05) is 0 Å². The summed E-state index contributed by atoms with van der Waals surface area (Å²) in [5.74, 6) is -3.26. The Bertz CT molecular complexity index is 163. The van der Waals surface area contributed by atoms with Crippen molar-refractivity contribution in [3.8, 4) is 0 Å². The zero-order chi connectivity index (χ0) is 7.41. The van der Waals surface area contributed by atoms with Gasteiger partial charge >= 0.3 is 0 Å². The zero-order valence-electron chi connectivity index (χ0n) is 5.61. The Hall–Kier alpha value is -0.180. The predicted octanol–water partition coefficient (Wildman–Crippen LogP) is 1.41. The lowest BCUT2D eigenvalue weighted by Gasteiger charge is -2.25. The number of halogens is 2. The summed E-state index contributed by atoms with van der Waals surface area (Å²) < 4.78 is 25.5. The molecule has 0 aromatic heterocycles. The summed E-state index contributed by atoms with van der Waals surface area (Å²) in [6.07, 6.45) is 2.14. The highest BCUT2D eigenvalue weighted by Gasteiger charge is 2.81. The Morgan fingerprint density at radius 2 is 2.00 bits per heavy atom. The SMILES string of the molecule is OCC1C(F)(F)C12CCC2. The number of aliphatic hydroxyl groups is 1. The molecule has 2 fully saturated rings. The molecule has 2 saturated carbocycles. The lowest BCUT2D eigenvalue weighted by molar-refractivity contribution is 0.0263. The van der Waals surface area contributed by atoms with E-state index >= 15 is 0 Å². The molecule has 0 saturated heterocycles. The van der Waals surface area contributed by atoms with E-state index in [1.54, 1.807) is 0 Å². The summed E-state index contributed by atoms with van der Waals surface area (Å²) in [6, 6.07) is 0. The fourth-order valence-corrected chi connectivity index (χ4v) is 2.12. The first-order valence-electron chi connectivity index (χ1n) is 3.64. The van der Waals surface area contributed by atoms with Gasteiger partial charge in [0.05, 0.1) is 12.5 Å². The van der Waals surface area contributed by atoms with Crippen LogP contribution in [0.15, 0.2) is 0 Å². The van der Waals surface area contributed by atoms with E-state index in [4.69, 9.17) is 5.11 Å². The van der Waals surface area contributed by atoms with Gasteiger partial charge in [-0.15, -0.1) is 0 Å². The van der Waals surface area contributed by atoms with Gasteiger partial charge in [0, 0.05) is 5.41 Å². The predicted molar refractivity (Wildman–Crippen MR) is 31.8 cm³/mol. The first-order chi connectivity index (χ1) is 4.65. The number of rotatable bonds is 1. The second kappa shape index (κ2) is 1.52. The monoisotopic (exact) mass is 148 g/mol. The zero-order valence-corrected chi connectivity index (χ0v) is 5.61. The smallest absolute Gasteiger partial charge is 0.259 e. The molecule has 0 bridgehead atoms. The molecule has 0 aromatic carbocycles. The van der Waals surface area contributed by atoms with Gasteiger partial charge in [-0.1, -0.05) is 6.42 Å². The van der Waals surface area contributed by atoms with Gasteiger partial charge in [0.25, 0.3) is 5.92 Å². The molecule has 10 heavy (non-hydrogen) atoms. The van der Waals surface area contributed by atoms with Crippen LogP contribution in [0.4, 0.5) is 8.78 Å². The van der Waals surface area contributed by atoms with E-state index in [2.05, 4.69) is 0 Å². The Balaban J connectivity index is 2.14. The van der Waals surface area contributed by atoms with Crippen molar-refractivity contribution in [3.63, 3.8) is 0 Å². The molecule has 3 heteroatoms. The van der Waals surface area contributed by atoms with Gasteiger partial charge in [-0.05, 0) is 12.8 Å². The van der Waals surface area contributed by atoms with Crippen molar-refractivity contribution >= 4 is 0 Å². The molecule has 0 aromatic rings. The molecule has 0 amide bonds. The summed E-state index contributed by atoms with van der Waals surface area (Å²) >= 11 is 0. The quantitative estimate of drug-likeness (QED) is 0.596. The van der Waals surface area contributed by atoms with E-state index in [0.29, 0.717) is 12.8 Å². The Morgan fingerprint density at radius 1 is 1.40 bits per heavy atom. The van der Waals surface area contributed by atoms with Crippen molar-refractivity contribution in [1.82, 2.24) is 0 Å². The lowest BCUT2D eigenvalue weighted by atomic mass is 9.79. The highest BCUT2D eigenvalue weighted by Crippen LogP contribution is 2.75. The maximum Gasteiger partial charge on any atom is 0.259 e. The average Bonchev–Trinajstić information content (AvgIpc) is 2.25. The molecule has 1 unspecified atom stereocenters. The third-order valence-corrected chi connectivity index (χ3v) is 3.11. The first kappa shape index (κ1) is 6.53. The lowest BCUT2D eigenvalue weighted by Crippen LogP contribution is -2.20. The fourth-order valence-electron chi connectivity index (χ4n) is 2.12. The summed E-state index contributed by atoms with van der Waals surface area (Å²) in [6.45, 7) is -0.340. The molecule has 0 aliphatic heterocycles. The van der Waals surface area contributed by atoms with E-state index in [1.165, 1.54) is 0 Å². The first-order valence-corrected chi connectivity index (χ1v) is 3.64. The van der Waals surface area contributed by atoms with Crippen LogP contribution in [0, 0.1) is 11.3 Å². The van der Waals surface area contributed by atoms with Crippen LogP contribution in [0.3, 0.4) is 0 Å². The van der Waals surface area contributed by atoms with Crippen LogP contribution in [0.25, 0.3) is 0 Å². The minimum Gasteiger partial charge on any atom is -0.396 e. The largest absolute Gasteiger partial charge is 0.396 e. The van der Waals surface area contributed by atoms with E-state index in [-0.39, 0.29) is 6.61 Å². The van der Waals surface area contributed by atoms with Gasteiger partial charge in [-0.2, -0.15) is 0 Å². The van der Waals surface area contributed by atoms with Crippen LogP contribution >= 0.6 is 0 Å². The van der Waals surface area contributed by atoms with Crippen molar-refractivity contribution in [2.45, 2.75) is 25.2 Å². The molecule has 58 valence electrons. The van der Waals surface area contributed by atoms with Crippen LogP contribution < -0.4 is 0 Å². The average molecular weight is 148 g/mol. The highest BCUT2D eigenvalue weighted by molar-refractivity contribution is 5.21. The third kappa shape index (κ3) is 0.438. The third-order valence-electron chi connectivity index (χ3n) is 3.11. The highest BCUT2D eigenvalue weighted by atomic mass is 19.3. The van der Waals surface area contributed by atoms with Gasteiger partial charge in [0.1, 0.15) is 0 Å². The van der Waals surface area contributed by atoms with Gasteiger partial charge in [0.2, 0.25) is 0 Å². The Morgan fingerprint density at radius 3 is 2.10 bits per heavy atom. The van der Waals surface area contributed by atoms with E-state index in [9.17, 15) is 8.78 Å². The maximum atomic E-state index is 12.7. The van der Waals surface area contributed by atoms with Crippen molar-refractivity contribution in [1.29, 1.82) is 0 Å². The summed E-state index contributed by atoms with van der Waals surface area (Å²) in [5.41, 5.74) is -0.748. The molecule has 1 nitrogen and oxygen atoms in total. The van der Waals surface area contributed by atoms with Crippen molar-refractivity contribution in [3.05, 3.63) is 0 Å². The van der Waals surface area contributed by atoms with Crippen LogP contribution in [0.5, 0.6) is 0 Å². The van der Waals surface area contributed by atoms with E-state index in [0.717, 1.165) is 6.42 Å². The molecule has 2 aliphatic rings. The second-order valence-corrected chi connectivity index (χ2v) is 3.37. The Labute approximate surface area is 58.0 Å². The fraction of sp³-hybridized carbons (Fsp3) is 1.00. The Kier molecular flexibility index (Phi) is 0.994. The number of hydrogen-bond donors (Lipinski definition) is 1. The van der Waals surface area contributed by atoms with Gasteiger partial charge in [-0.25, -0.2) is 8.78 Å². The topological polar surface area (TPSA) is 20.2 Å². The van der Waals surface area contributed by atoms with Crippen molar-refractivity contribution < 1.29 is 13.9 Å². The summed E-state index contributed by atoms with van der Waals surface area (Å²) in [7, 11) is 0. The molecule has 1 spiro atoms. The molecule has 2 rings (SSSR count). The summed E-state index contributed by atoms with van der Waals surface area (Å²) in [5, 5.41) is 8.56. The molecule has 1 N–H and O–H groups in total. The van der Waals surface area contributed by atoms with Gasteiger partial charge < -0.3 is 5.11 Å². The maximum absolute atomic E-state index is 12.7. The molecular formula is C7H10F2O. The van der Waals surface area contributed by atoms with Crippen LogP contribution in [0.1, 0.15) is 19.3 Å². The van der Waals surface area contributed by atoms with Crippen molar-refractivity contribution in [2.24, 2.45) is 11.3 Å². The molecule has 0 radical (unpaired) electrons. The standard InChI is InChI=1S/C7H10F2O/c8-7(9)5(4-10)6(7)2-1-3-6/h5,10H,1-4H2. The van der Waals surface area contributed by atoms with Gasteiger partial charge in [-0.3, -0.25) is 0 Å². The number of aliphatic hydroxyl groups excluding tert-OH is 1. The minimum atomic E-state index is -2.54. The van der Waals surface area contributed by atoms with E-state index < -0.39 is 17.3 Å². The van der Waals surface area contributed by atoms with Crippen LogP contribution in [-0.4, -0.2) is 17.6 Å². The van der Waals surface area contributed by atoms with Crippen LogP contribution in [-0.2, 0) is 0 Å². The molecular weight excluding hydrogens is 138 g/mol. The molecule has 1 atom stereocenters. The molecule has 0 heterocycles. The van der Waals surface area contributed by atoms with Crippen molar-refractivity contribution in [2.75, 3.05) is 6.61 Å². The summed E-state index contributed by atoms with van der Waals surface area (Å²) in [4.78, 5) is 0. The minimum absolute atomic E-state index is 0.340. The van der Waals surface area contributed by atoms with Crippen LogP contribution in [0.2, 0.25) is 0 Å². The second-order valence-electron chi connectivity index (χ2n) is 3.37.